The van der Waals surface area contributed by atoms with E-state index < -0.39 is 0 Å². The second kappa shape index (κ2) is 5.08. The van der Waals surface area contributed by atoms with Crippen LogP contribution >= 0.6 is 0 Å². The summed E-state index contributed by atoms with van der Waals surface area (Å²) in [5, 5.41) is 7.32. The smallest absolute Gasteiger partial charge is 0.0363 e. The number of nitrogens with one attached hydrogen (secondary N) is 1. The van der Waals surface area contributed by atoms with Gasteiger partial charge in [-0.25, -0.2) is 0 Å². The van der Waals surface area contributed by atoms with Crippen LogP contribution in [0.2, 0.25) is 0 Å². The molecule has 0 aromatic rings. The highest BCUT2D eigenvalue weighted by atomic mass is 15.1. The van der Waals surface area contributed by atoms with E-state index in [1.807, 2.05) is 13.0 Å². The maximum Gasteiger partial charge on any atom is 0.0363 e. The van der Waals surface area contributed by atoms with Gasteiger partial charge in [0, 0.05) is 24.8 Å². The summed E-state index contributed by atoms with van der Waals surface area (Å²) >= 11 is 0. The maximum absolute atomic E-state index is 7.32. The first-order valence-electron chi connectivity index (χ1n) is 3.97. The Morgan fingerprint density at radius 3 is 2.45 bits per heavy atom. The fraction of sp³-hybridized carbons (Fsp3) is 0.667. The van der Waals surface area contributed by atoms with Crippen LogP contribution in [0.25, 0.3) is 0 Å². The highest BCUT2D eigenvalue weighted by Gasteiger charge is 2.06. The number of hydrogen-bond donors (Lipinski definition) is 1. The minimum absolute atomic E-state index is 0.494. The summed E-state index contributed by atoms with van der Waals surface area (Å²) in [6.45, 7) is 11.4. The Hall–Kier alpha value is -0.630. The summed E-state index contributed by atoms with van der Waals surface area (Å²) < 4.78 is 0. The van der Waals surface area contributed by atoms with E-state index in [-0.39, 0.29) is 0 Å². The zero-order valence-corrected chi connectivity index (χ0v) is 7.72. The van der Waals surface area contributed by atoms with Gasteiger partial charge in [-0.1, -0.05) is 6.08 Å². The van der Waals surface area contributed by atoms with Gasteiger partial charge in [0.05, 0.1) is 0 Å². The van der Waals surface area contributed by atoms with Crippen molar-refractivity contribution in [2.45, 2.75) is 26.8 Å². The zero-order chi connectivity index (χ0) is 8.85. The van der Waals surface area contributed by atoms with Gasteiger partial charge in [-0.05, 0) is 20.8 Å². The van der Waals surface area contributed by atoms with Gasteiger partial charge in [0.25, 0.3) is 0 Å². The van der Waals surface area contributed by atoms with Crippen LogP contribution in [-0.2, 0) is 0 Å². The summed E-state index contributed by atoms with van der Waals surface area (Å²) in [5.41, 5.74) is 0.709. The molecule has 0 aliphatic heterocycles. The molecule has 0 unspecified atom stereocenters. The lowest BCUT2D eigenvalue weighted by Gasteiger charge is -2.24. The Labute approximate surface area is 69.4 Å². The van der Waals surface area contributed by atoms with Crippen LogP contribution in [0.5, 0.6) is 0 Å². The van der Waals surface area contributed by atoms with E-state index in [9.17, 15) is 0 Å². The van der Waals surface area contributed by atoms with Gasteiger partial charge in [0.15, 0.2) is 0 Å². The highest BCUT2D eigenvalue weighted by Crippen LogP contribution is 1.97. The molecule has 2 heteroatoms. The van der Waals surface area contributed by atoms with E-state index in [1.54, 1.807) is 0 Å². The summed E-state index contributed by atoms with van der Waals surface area (Å²) in [6, 6.07) is 0.494. The first-order valence-corrected chi connectivity index (χ1v) is 3.97. The molecule has 11 heavy (non-hydrogen) atoms. The number of rotatable bonds is 5. The molecule has 0 rings (SSSR count). The normalized spacial score (nSPS) is 10.6. The standard InChI is InChI=1S/C9H18N2/c1-5-6-11(8(2)3)7-9(4)10/h5,8,10H,1,6-7H2,2-4H3. The van der Waals surface area contributed by atoms with E-state index in [0.29, 0.717) is 11.8 Å². The van der Waals surface area contributed by atoms with Gasteiger partial charge in [-0.15, -0.1) is 6.58 Å². The van der Waals surface area contributed by atoms with Crippen LogP contribution in [0.3, 0.4) is 0 Å². The molecule has 2 nitrogen and oxygen atoms in total. The monoisotopic (exact) mass is 154 g/mol. The summed E-state index contributed by atoms with van der Waals surface area (Å²) in [5.74, 6) is 0. The van der Waals surface area contributed by atoms with Crippen molar-refractivity contribution < 1.29 is 0 Å². The maximum atomic E-state index is 7.32. The zero-order valence-electron chi connectivity index (χ0n) is 7.72. The van der Waals surface area contributed by atoms with Crippen LogP contribution in [0.1, 0.15) is 20.8 Å². The van der Waals surface area contributed by atoms with Crippen molar-refractivity contribution in [1.82, 2.24) is 4.90 Å². The lowest BCUT2D eigenvalue weighted by molar-refractivity contribution is 0.280. The molecule has 0 bridgehead atoms. The van der Waals surface area contributed by atoms with Gasteiger partial charge in [0.2, 0.25) is 0 Å². The highest BCUT2D eigenvalue weighted by molar-refractivity contribution is 5.80. The Kier molecular flexibility index (Phi) is 4.79. The topological polar surface area (TPSA) is 27.1 Å². The Balaban J connectivity index is 3.88. The third kappa shape index (κ3) is 4.73. The van der Waals surface area contributed by atoms with E-state index >= 15 is 0 Å². The molecule has 0 aliphatic carbocycles. The molecule has 0 aromatic heterocycles. The van der Waals surface area contributed by atoms with Crippen molar-refractivity contribution >= 4 is 5.71 Å². The Bertz CT molecular complexity index is 138. The molecule has 0 spiro atoms. The molecule has 0 radical (unpaired) electrons. The van der Waals surface area contributed by atoms with Gasteiger partial charge in [0.1, 0.15) is 0 Å². The molecule has 1 N–H and O–H groups in total. The molecular formula is C9H18N2. The largest absolute Gasteiger partial charge is 0.309 e. The van der Waals surface area contributed by atoms with Crippen LogP contribution in [0.15, 0.2) is 12.7 Å². The second-order valence-electron chi connectivity index (χ2n) is 3.09. The van der Waals surface area contributed by atoms with Crippen molar-refractivity contribution in [3.63, 3.8) is 0 Å². The molecule has 0 saturated heterocycles. The third-order valence-corrected chi connectivity index (χ3v) is 1.53. The SMILES string of the molecule is C=CCN(CC(C)=N)C(C)C. The van der Waals surface area contributed by atoms with Gasteiger partial charge in [-0.3, -0.25) is 4.90 Å². The predicted octanol–water partition coefficient (Wildman–Crippen LogP) is 1.92. The fourth-order valence-corrected chi connectivity index (χ4v) is 0.928. The average molecular weight is 154 g/mol. The molecule has 0 saturated carbocycles. The molecule has 0 atom stereocenters. The average Bonchev–Trinajstić information content (AvgIpc) is 1.86. The van der Waals surface area contributed by atoms with Crippen LogP contribution in [0, 0.1) is 5.41 Å². The molecule has 0 fully saturated rings. The first kappa shape index (κ1) is 10.4. The van der Waals surface area contributed by atoms with Gasteiger partial charge < -0.3 is 5.41 Å². The number of hydrogen-bond acceptors (Lipinski definition) is 2. The quantitative estimate of drug-likeness (QED) is 0.475. The molecule has 0 amide bonds. The predicted molar refractivity (Wildman–Crippen MR) is 50.3 cm³/mol. The van der Waals surface area contributed by atoms with Crippen molar-refractivity contribution in [3.05, 3.63) is 12.7 Å². The molecule has 64 valence electrons. The summed E-state index contributed by atoms with van der Waals surface area (Å²) in [4.78, 5) is 2.20. The van der Waals surface area contributed by atoms with Crippen molar-refractivity contribution in [1.29, 1.82) is 5.41 Å². The van der Waals surface area contributed by atoms with Gasteiger partial charge >= 0.3 is 0 Å². The molecule has 0 aliphatic rings. The van der Waals surface area contributed by atoms with Crippen molar-refractivity contribution in [2.75, 3.05) is 13.1 Å². The molecular weight excluding hydrogens is 136 g/mol. The number of nitrogens with zero attached hydrogens (tertiary/aromatic N) is 1. The summed E-state index contributed by atoms with van der Waals surface area (Å²) in [6.07, 6.45) is 1.88. The first-order chi connectivity index (χ1) is 5.07. The minimum atomic E-state index is 0.494. The second-order valence-corrected chi connectivity index (χ2v) is 3.09. The lowest BCUT2D eigenvalue weighted by Crippen LogP contribution is -2.34. The van der Waals surface area contributed by atoms with Crippen molar-refractivity contribution in [2.24, 2.45) is 0 Å². The van der Waals surface area contributed by atoms with Crippen molar-refractivity contribution in [3.8, 4) is 0 Å². The van der Waals surface area contributed by atoms with E-state index in [2.05, 4.69) is 25.3 Å². The molecule has 0 heterocycles. The van der Waals surface area contributed by atoms with Crippen LogP contribution in [0.4, 0.5) is 0 Å². The van der Waals surface area contributed by atoms with E-state index in [0.717, 1.165) is 13.1 Å². The van der Waals surface area contributed by atoms with E-state index in [4.69, 9.17) is 5.41 Å². The Morgan fingerprint density at radius 2 is 2.18 bits per heavy atom. The fourth-order valence-electron chi connectivity index (χ4n) is 0.928. The van der Waals surface area contributed by atoms with Crippen LogP contribution in [-0.4, -0.2) is 29.7 Å². The molecule has 0 aromatic carbocycles. The third-order valence-electron chi connectivity index (χ3n) is 1.53. The van der Waals surface area contributed by atoms with Crippen LogP contribution < -0.4 is 0 Å². The lowest BCUT2D eigenvalue weighted by atomic mass is 10.3. The Morgan fingerprint density at radius 1 is 1.64 bits per heavy atom. The van der Waals surface area contributed by atoms with Gasteiger partial charge in [-0.2, -0.15) is 0 Å². The van der Waals surface area contributed by atoms with E-state index in [1.165, 1.54) is 0 Å². The minimum Gasteiger partial charge on any atom is -0.309 e. The summed E-state index contributed by atoms with van der Waals surface area (Å²) in [7, 11) is 0.